The van der Waals surface area contributed by atoms with Gasteiger partial charge in [-0.2, -0.15) is 0 Å². The standard InChI is InChI=1S/C45H77O16P/c1-46-12-13-47-14-15-48-16-17-49-18-19-50-20-21-51-22-23-52-24-25-53-26-27-54-28-29-55-30-31-56-32-33-57-34-35-58-36-37-59-38-39-60-40-41-61-42-43-62(44-8-4-2-5-9-44)45-10-6-3-7-11-45/h2-11H,12-43H2,1H3. The van der Waals surface area contributed by atoms with Crippen LogP contribution in [0.25, 0.3) is 0 Å². The van der Waals surface area contributed by atoms with Gasteiger partial charge in [-0.05, 0) is 24.7 Å². The van der Waals surface area contributed by atoms with E-state index in [1.165, 1.54) is 10.6 Å². The predicted molar refractivity (Wildman–Crippen MR) is 238 cm³/mol. The second kappa shape index (κ2) is 47.2. The zero-order valence-electron chi connectivity index (χ0n) is 37.4. The zero-order chi connectivity index (χ0) is 43.7. The van der Waals surface area contributed by atoms with Crippen molar-refractivity contribution in [3.05, 3.63) is 60.7 Å². The lowest BCUT2D eigenvalue weighted by atomic mass is 10.4. The molecule has 0 saturated heterocycles. The van der Waals surface area contributed by atoms with Crippen LogP contribution in [0.4, 0.5) is 0 Å². The van der Waals surface area contributed by atoms with Crippen LogP contribution in [0, 0.1) is 0 Å². The van der Waals surface area contributed by atoms with Crippen molar-refractivity contribution in [3.63, 3.8) is 0 Å². The molecule has 0 atom stereocenters. The summed E-state index contributed by atoms with van der Waals surface area (Å²) in [4.78, 5) is 0. The molecule has 0 amide bonds. The van der Waals surface area contributed by atoms with Gasteiger partial charge in [0.25, 0.3) is 0 Å². The maximum absolute atomic E-state index is 5.87. The van der Waals surface area contributed by atoms with Crippen molar-refractivity contribution in [2.24, 2.45) is 0 Å². The van der Waals surface area contributed by atoms with Crippen LogP contribution >= 0.6 is 7.92 Å². The lowest BCUT2D eigenvalue weighted by Gasteiger charge is -2.18. The number of methoxy groups -OCH3 is 1. The lowest BCUT2D eigenvalue weighted by Crippen LogP contribution is -2.17. The maximum atomic E-state index is 5.87. The lowest BCUT2D eigenvalue weighted by molar-refractivity contribution is -0.0302. The molecule has 62 heavy (non-hydrogen) atoms. The summed E-state index contributed by atoms with van der Waals surface area (Å²) in [6, 6.07) is 21.4. The summed E-state index contributed by atoms with van der Waals surface area (Å²) in [5, 5.41) is 2.74. The van der Waals surface area contributed by atoms with Crippen LogP contribution in [0.2, 0.25) is 0 Å². The van der Waals surface area contributed by atoms with E-state index in [0.717, 1.165) is 6.16 Å². The van der Waals surface area contributed by atoms with Gasteiger partial charge in [0.15, 0.2) is 0 Å². The molecule has 0 unspecified atom stereocenters. The summed E-state index contributed by atoms with van der Waals surface area (Å²) in [5.74, 6) is 0. The van der Waals surface area contributed by atoms with Gasteiger partial charge in [-0.3, -0.25) is 0 Å². The van der Waals surface area contributed by atoms with Gasteiger partial charge >= 0.3 is 0 Å². The summed E-state index contributed by atoms with van der Waals surface area (Å²) in [5.41, 5.74) is 0. The van der Waals surface area contributed by atoms with Gasteiger partial charge in [-0.25, -0.2) is 0 Å². The Balaban J connectivity index is 1.16. The Morgan fingerprint density at radius 1 is 0.242 bits per heavy atom. The quantitative estimate of drug-likeness (QED) is 0.0708. The summed E-state index contributed by atoms with van der Waals surface area (Å²) in [7, 11) is 1.21. The molecule has 358 valence electrons. The number of rotatable bonds is 50. The fourth-order valence-electron chi connectivity index (χ4n) is 5.10. The zero-order valence-corrected chi connectivity index (χ0v) is 38.3. The first kappa shape index (κ1) is 56.4. The molecule has 0 heterocycles. The summed E-state index contributed by atoms with van der Waals surface area (Å²) in [6.07, 6.45) is 0.984. The van der Waals surface area contributed by atoms with E-state index in [-0.39, 0.29) is 0 Å². The van der Waals surface area contributed by atoms with E-state index in [1.54, 1.807) is 7.11 Å². The van der Waals surface area contributed by atoms with Crippen molar-refractivity contribution in [2.45, 2.75) is 0 Å². The minimum atomic E-state index is -0.436. The average molecular weight is 905 g/mol. The van der Waals surface area contributed by atoms with Crippen LogP contribution < -0.4 is 10.6 Å². The highest BCUT2D eigenvalue weighted by molar-refractivity contribution is 7.73. The molecule has 0 aliphatic rings. The molecule has 16 nitrogen and oxygen atoms in total. The minimum Gasteiger partial charge on any atom is -0.382 e. The van der Waals surface area contributed by atoms with Crippen LogP contribution in [0.15, 0.2) is 60.7 Å². The van der Waals surface area contributed by atoms with Gasteiger partial charge in [-0.1, -0.05) is 60.7 Å². The highest BCUT2D eigenvalue weighted by Gasteiger charge is 2.13. The van der Waals surface area contributed by atoms with E-state index in [2.05, 4.69) is 60.7 Å². The number of hydrogen-bond donors (Lipinski definition) is 0. The Labute approximate surface area is 372 Å². The number of benzene rings is 2. The monoisotopic (exact) mass is 904 g/mol. The van der Waals surface area contributed by atoms with Crippen LogP contribution in [0.3, 0.4) is 0 Å². The molecule has 2 rings (SSSR count). The summed E-state index contributed by atoms with van der Waals surface area (Å²) < 4.78 is 87.8. The largest absolute Gasteiger partial charge is 0.382 e. The van der Waals surface area contributed by atoms with E-state index in [4.69, 9.17) is 75.8 Å². The van der Waals surface area contributed by atoms with Gasteiger partial charge in [0.2, 0.25) is 0 Å². The first-order valence-corrected chi connectivity index (χ1v) is 23.5. The molecular formula is C45H77O16P. The normalized spacial score (nSPS) is 11.6. The SMILES string of the molecule is COCCOCCOCCOCCOCCOCCOCCOCCOCCOCCOCCOCCOCCOCCOCCOCCP(c1ccccc1)c1ccccc1. The van der Waals surface area contributed by atoms with Gasteiger partial charge in [0.05, 0.1) is 205 Å². The summed E-state index contributed by atoms with van der Waals surface area (Å²) in [6.45, 7) is 16.3. The molecule has 0 N–H and O–H groups in total. The smallest absolute Gasteiger partial charge is 0.0701 e. The highest BCUT2D eigenvalue weighted by Crippen LogP contribution is 2.32. The summed E-state index contributed by atoms with van der Waals surface area (Å²) >= 11 is 0. The molecule has 17 heteroatoms. The average Bonchev–Trinajstić information content (AvgIpc) is 3.30. The third-order valence-electron chi connectivity index (χ3n) is 8.23. The van der Waals surface area contributed by atoms with E-state index < -0.39 is 7.92 Å². The van der Waals surface area contributed by atoms with Crippen LogP contribution in [-0.4, -0.2) is 218 Å². The Kier molecular flexibility index (Phi) is 42.9. The topological polar surface area (TPSA) is 148 Å². The molecule has 2 aromatic rings. The van der Waals surface area contributed by atoms with E-state index in [0.29, 0.717) is 205 Å². The van der Waals surface area contributed by atoms with Gasteiger partial charge in [0.1, 0.15) is 0 Å². The molecular weight excluding hydrogens is 827 g/mol. The van der Waals surface area contributed by atoms with Crippen molar-refractivity contribution in [3.8, 4) is 0 Å². The third kappa shape index (κ3) is 37.6. The molecule has 2 aromatic carbocycles. The number of ether oxygens (including phenoxy) is 16. The van der Waals surface area contributed by atoms with Crippen molar-refractivity contribution in [1.29, 1.82) is 0 Å². The fraction of sp³-hybridized carbons (Fsp3) is 0.733. The minimum absolute atomic E-state index is 0.436. The van der Waals surface area contributed by atoms with E-state index in [1.807, 2.05) is 0 Å². The molecule has 0 fully saturated rings. The fourth-order valence-corrected chi connectivity index (χ4v) is 7.29. The highest BCUT2D eigenvalue weighted by atomic mass is 31.1. The molecule has 0 radical (unpaired) electrons. The van der Waals surface area contributed by atoms with Crippen molar-refractivity contribution < 1.29 is 75.8 Å². The molecule has 0 aliphatic heterocycles. The number of hydrogen-bond acceptors (Lipinski definition) is 16. The van der Waals surface area contributed by atoms with Gasteiger partial charge < -0.3 is 75.8 Å². The first-order chi connectivity index (χ1) is 30.9. The first-order valence-electron chi connectivity index (χ1n) is 21.9. The Morgan fingerprint density at radius 3 is 0.613 bits per heavy atom. The molecule has 0 spiro atoms. The molecule has 0 aromatic heterocycles. The van der Waals surface area contributed by atoms with Crippen molar-refractivity contribution in [1.82, 2.24) is 0 Å². The molecule has 0 saturated carbocycles. The van der Waals surface area contributed by atoms with E-state index in [9.17, 15) is 0 Å². The predicted octanol–water partition coefficient (Wildman–Crippen LogP) is 3.01. The Morgan fingerprint density at radius 2 is 0.419 bits per heavy atom. The van der Waals surface area contributed by atoms with Gasteiger partial charge in [0, 0.05) is 7.11 Å². The third-order valence-corrected chi connectivity index (χ3v) is 10.7. The van der Waals surface area contributed by atoms with E-state index >= 15 is 0 Å². The van der Waals surface area contributed by atoms with Crippen molar-refractivity contribution in [2.75, 3.05) is 218 Å². The van der Waals surface area contributed by atoms with Crippen molar-refractivity contribution >= 4 is 18.5 Å². The molecule has 0 aliphatic carbocycles. The maximum Gasteiger partial charge on any atom is 0.0701 e. The second-order valence-corrected chi connectivity index (χ2v) is 15.3. The van der Waals surface area contributed by atoms with Crippen LogP contribution in [0.5, 0.6) is 0 Å². The van der Waals surface area contributed by atoms with Crippen LogP contribution in [-0.2, 0) is 75.8 Å². The Bertz CT molecular complexity index is 1110. The molecule has 0 bridgehead atoms. The second-order valence-electron chi connectivity index (χ2n) is 13.0. The Hall–Kier alpha value is -1.77. The van der Waals surface area contributed by atoms with Crippen LogP contribution in [0.1, 0.15) is 0 Å². The van der Waals surface area contributed by atoms with Gasteiger partial charge in [-0.15, -0.1) is 0 Å².